The number of rotatable bonds is 9. The van der Waals surface area contributed by atoms with E-state index >= 15 is 0 Å². The normalized spacial score (nSPS) is 10.7. The lowest BCUT2D eigenvalue weighted by atomic mass is 10.3. The predicted molar refractivity (Wildman–Crippen MR) is 91.2 cm³/mol. The van der Waals surface area contributed by atoms with E-state index in [1.807, 2.05) is 22.8 Å². The van der Waals surface area contributed by atoms with Gasteiger partial charge in [0.2, 0.25) is 5.91 Å². The first kappa shape index (κ1) is 17.8. The predicted octanol–water partition coefficient (Wildman–Crippen LogP) is 2.56. The molecule has 0 saturated heterocycles. The van der Waals surface area contributed by atoms with Gasteiger partial charge in [-0.1, -0.05) is 29.4 Å². The Morgan fingerprint density at radius 3 is 3.09 bits per heavy atom. The Morgan fingerprint density at radius 1 is 1.43 bits per heavy atom. The van der Waals surface area contributed by atoms with Crippen LogP contribution >= 0.6 is 23.4 Å². The van der Waals surface area contributed by atoms with Gasteiger partial charge in [-0.05, 0) is 31.0 Å². The van der Waals surface area contributed by atoms with Gasteiger partial charge < -0.3 is 10.1 Å². The van der Waals surface area contributed by atoms with Crippen LogP contribution in [0.1, 0.15) is 12.8 Å². The maximum absolute atomic E-state index is 11.8. The van der Waals surface area contributed by atoms with Crippen molar-refractivity contribution in [1.82, 2.24) is 20.1 Å². The van der Waals surface area contributed by atoms with Crippen LogP contribution in [0.3, 0.4) is 0 Å². The summed E-state index contributed by atoms with van der Waals surface area (Å²) >= 11 is 7.34. The highest BCUT2D eigenvalue weighted by molar-refractivity contribution is 7.99. The molecule has 124 valence electrons. The molecule has 23 heavy (non-hydrogen) atoms. The van der Waals surface area contributed by atoms with Gasteiger partial charge in [-0.3, -0.25) is 9.36 Å². The standard InChI is InChI=1S/C15H19ClN4O2S/c1-22-8-3-2-7-17-14(21)10-23-15-19-18-11-20(15)13-6-4-5-12(16)9-13/h4-6,9,11H,2-3,7-8,10H2,1H3,(H,17,21). The number of amides is 1. The van der Waals surface area contributed by atoms with Crippen LogP contribution in [0.25, 0.3) is 5.69 Å². The molecule has 8 heteroatoms. The van der Waals surface area contributed by atoms with Crippen LogP contribution in [-0.4, -0.2) is 46.7 Å². The van der Waals surface area contributed by atoms with Crippen molar-refractivity contribution in [2.75, 3.05) is 26.0 Å². The molecule has 1 N–H and O–H groups in total. The van der Waals surface area contributed by atoms with Crippen LogP contribution in [0, 0.1) is 0 Å². The molecule has 0 aliphatic heterocycles. The monoisotopic (exact) mass is 354 g/mol. The van der Waals surface area contributed by atoms with Crippen molar-refractivity contribution in [2.24, 2.45) is 0 Å². The smallest absolute Gasteiger partial charge is 0.230 e. The molecule has 0 aliphatic carbocycles. The molecule has 1 heterocycles. The van der Waals surface area contributed by atoms with E-state index in [2.05, 4.69) is 15.5 Å². The molecule has 0 aliphatic rings. The largest absolute Gasteiger partial charge is 0.385 e. The topological polar surface area (TPSA) is 69.0 Å². The van der Waals surface area contributed by atoms with Crippen molar-refractivity contribution in [3.63, 3.8) is 0 Å². The average molecular weight is 355 g/mol. The highest BCUT2D eigenvalue weighted by Gasteiger charge is 2.10. The number of halogens is 1. The van der Waals surface area contributed by atoms with Gasteiger partial charge in [0, 0.05) is 25.3 Å². The van der Waals surface area contributed by atoms with Crippen molar-refractivity contribution in [2.45, 2.75) is 18.0 Å². The van der Waals surface area contributed by atoms with Gasteiger partial charge >= 0.3 is 0 Å². The molecule has 1 aromatic heterocycles. The number of methoxy groups -OCH3 is 1. The van der Waals surface area contributed by atoms with E-state index in [-0.39, 0.29) is 5.91 Å². The van der Waals surface area contributed by atoms with Crippen molar-refractivity contribution in [3.8, 4) is 5.69 Å². The van der Waals surface area contributed by atoms with Crippen molar-refractivity contribution < 1.29 is 9.53 Å². The van der Waals surface area contributed by atoms with E-state index in [4.69, 9.17) is 16.3 Å². The van der Waals surface area contributed by atoms with E-state index in [0.717, 1.165) is 18.5 Å². The number of nitrogens with one attached hydrogen (secondary N) is 1. The maximum atomic E-state index is 11.8. The third-order valence-corrected chi connectivity index (χ3v) is 4.21. The minimum Gasteiger partial charge on any atom is -0.385 e. The number of ether oxygens (including phenoxy) is 1. The summed E-state index contributed by atoms with van der Waals surface area (Å²) in [7, 11) is 1.67. The molecule has 0 spiro atoms. The molecule has 2 rings (SSSR count). The SMILES string of the molecule is COCCCCNC(=O)CSc1nncn1-c1cccc(Cl)c1. The van der Waals surface area contributed by atoms with Gasteiger partial charge in [-0.15, -0.1) is 10.2 Å². The lowest BCUT2D eigenvalue weighted by molar-refractivity contribution is -0.118. The Kier molecular flexibility index (Phi) is 7.38. The second-order valence-electron chi connectivity index (χ2n) is 4.80. The second kappa shape index (κ2) is 9.54. The van der Waals surface area contributed by atoms with Crippen LogP contribution in [0.15, 0.2) is 35.7 Å². The number of hydrogen-bond donors (Lipinski definition) is 1. The molecule has 1 aromatic carbocycles. The molecule has 0 atom stereocenters. The number of hydrogen-bond acceptors (Lipinski definition) is 5. The zero-order chi connectivity index (χ0) is 16.5. The van der Waals surface area contributed by atoms with Gasteiger partial charge in [0.25, 0.3) is 0 Å². The Hall–Kier alpha value is -1.57. The van der Waals surface area contributed by atoms with Crippen molar-refractivity contribution in [3.05, 3.63) is 35.6 Å². The molecule has 1 amide bonds. The van der Waals surface area contributed by atoms with E-state index in [9.17, 15) is 4.79 Å². The maximum Gasteiger partial charge on any atom is 0.230 e. The Bertz CT molecular complexity index is 635. The van der Waals surface area contributed by atoms with Gasteiger partial charge in [0.1, 0.15) is 6.33 Å². The quantitative estimate of drug-likeness (QED) is 0.553. The summed E-state index contributed by atoms with van der Waals surface area (Å²) in [6.07, 6.45) is 3.45. The molecular weight excluding hydrogens is 336 g/mol. The van der Waals surface area contributed by atoms with Gasteiger partial charge in [0.15, 0.2) is 5.16 Å². The average Bonchev–Trinajstić information content (AvgIpc) is 3.01. The fraction of sp³-hybridized carbons (Fsp3) is 0.400. The molecule has 2 aromatic rings. The lowest BCUT2D eigenvalue weighted by Gasteiger charge is -2.07. The Morgan fingerprint density at radius 2 is 2.30 bits per heavy atom. The summed E-state index contributed by atoms with van der Waals surface area (Å²) in [5, 5.41) is 12.1. The summed E-state index contributed by atoms with van der Waals surface area (Å²) in [5.41, 5.74) is 0.866. The molecule has 0 fully saturated rings. The summed E-state index contributed by atoms with van der Waals surface area (Å²) < 4.78 is 6.77. The molecule has 0 radical (unpaired) electrons. The Labute approximate surface area is 144 Å². The van der Waals surface area contributed by atoms with E-state index < -0.39 is 0 Å². The highest BCUT2D eigenvalue weighted by Crippen LogP contribution is 2.21. The number of benzene rings is 1. The number of nitrogens with zero attached hydrogens (tertiary/aromatic N) is 3. The fourth-order valence-corrected chi connectivity index (χ4v) is 2.85. The van der Waals surface area contributed by atoms with Crippen molar-refractivity contribution >= 4 is 29.3 Å². The van der Waals surface area contributed by atoms with Crippen LogP contribution in [0.5, 0.6) is 0 Å². The third kappa shape index (κ3) is 5.85. The minimum absolute atomic E-state index is 0.0203. The summed E-state index contributed by atoms with van der Waals surface area (Å²) in [4.78, 5) is 11.8. The number of carbonyl (C=O) groups is 1. The second-order valence-corrected chi connectivity index (χ2v) is 6.18. The number of thioether (sulfide) groups is 1. The first-order chi connectivity index (χ1) is 11.2. The highest BCUT2D eigenvalue weighted by atomic mass is 35.5. The zero-order valence-electron chi connectivity index (χ0n) is 12.9. The van der Waals surface area contributed by atoms with E-state index in [1.165, 1.54) is 11.8 Å². The van der Waals surface area contributed by atoms with Crippen molar-refractivity contribution in [1.29, 1.82) is 0 Å². The van der Waals surface area contributed by atoms with Crippen LogP contribution < -0.4 is 5.32 Å². The summed E-state index contributed by atoms with van der Waals surface area (Å²) in [6, 6.07) is 7.40. The molecule has 6 nitrogen and oxygen atoms in total. The number of unbranched alkanes of at least 4 members (excludes halogenated alkanes) is 1. The van der Waals surface area contributed by atoms with Crippen LogP contribution in [0.4, 0.5) is 0 Å². The fourth-order valence-electron chi connectivity index (χ4n) is 1.91. The molecule has 0 bridgehead atoms. The summed E-state index contributed by atoms with van der Waals surface area (Å²) in [6.45, 7) is 1.37. The molecular formula is C15H19ClN4O2S. The van der Waals surface area contributed by atoms with E-state index in [1.54, 1.807) is 19.5 Å². The van der Waals surface area contributed by atoms with Gasteiger partial charge in [0.05, 0.1) is 11.4 Å². The van der Waals surface area contributed by atoms with Crippen LogP contribution in [0.2, 0.25) is 5.02 Å². The van der Waals surface area contributed by atoms with Gasteiger partial charge in [-0.2, -0.15) is 0 Å². The number of carbonyl (C=O) groups excluding carboxylic acids is 1. The molecule has 0 unspecified atom stereocenters. The lowest BCUT2D eigenvalue weighted by Crippen LogP contribution is -2.26. The van der Waals surface area contributed by atoms with Gasteiger partial charge in [-0.25, -0.2) is 0 Å². The Balaban J connectivity index is 1.83. The zero-order valence-corrected chi connectivity index (χ0v) is 14.4. The number of aromatic nitrogens is 3. The first-order valence-electron chi connectivity index (χ1n) is 7.25. The van der Waals surface area contributed by atoms with Crippen LogP contribution in [-0.2, 0) is 9.53 Å². The first-order valence-corrected chi connectivity index (χ1v) is 8.61. The summed E-state index contributed by atoms with van der Waals surface area (Å²) in [5.74, 6) is 0.275. The molecule has 0 saturated carbocycles. The van der Waals surface area contributed by atoms with E-state index in [0.29, 0.717) is 29.1 Å². The third-order valence-electron chi connectivity index (χ3n) is 3.03. The minimum atomic E-state index is -0.0203.